The van der Waals surface area contributed by atoms with E-state index in [1.54, 1.807) is 30.0 Å². The van der Waals surface area contributed by atoms with E-state index in [0.717, 1.165) is 12.8 Å². The second-order valence-electron chi connectivity index (χ2n) is 5.45. The lowest BCUT2D eigenvalue weighted by atomic mass is 9.88. The summed E-state index contributed by atoms with van der Waals surface area (Å²) in [6.45, 7) is 0.461. The minimum absolute atomic E-state index is 0.0199. The number of halogens is 1. The molecule has 0 aliphatic heterocycles. The van der Waals surface area contributed by atoms with Crippen molar-refractivity contribution in [2.24, 2.45) is 0 Å². The quantitative estimate of drug-likeness (QED) is 0.753. The Kier molecular flexibility index (Phi) is 5.62. The third-order valence-corrected chi connectivity index (χ3v) is 7.42. The second-order valence-corrected chi connectivity index (χ2v) is 9.38. The molecule has 0 spiro atoms. The Morgan fingerprint density at radius 3 is 2.62 bits per heavy atom. The van der Waals surface area contributed by atoms with E-state index in [-0.39, 0.29) is 15.3 Å². The van der Waals surface area contributed by atoms with Crippen LogP contribution in [0.25, 0.3) is 0 Å². The van der Waals surface area contributed by atoms with E-state index in [2.05, 4.69) is 26.9 Å². The summed E-state index contributed by atoms with van der Waals surface area (Å²) >= 11 is 5.06. The van der Waals surface area contributed by atoms with E-state index in [0.29, 0.717) is 11.0 Å². The van der Waals surface area contributed by atoms with Gasteiger partial charge in [-0.3, -0.25) is 0 Å². The molecule has 1 fully saturated rings. The molecule has 0 aromatic heterocycles. The van der Waals surface area contributed by atoms with Crippen LogP contribution in [0.2, 0.25) is 0 Å². The van der Waals surface area contributed by atoms with Crippen LogP contribution in [0.15, 0.2) is 27.6 Å². The summed E-state index contributed by atoms with van der Waals surface area (Å²) in [7, 11) is -3.58. The number of hydrogen-bond acceptors (Lipinski definition) is 4. The third kappa shape index (κ3) is 4.15. The number of sulfonamides is 1. The molecule has 118 valence electrons. The van der Waals surface area contributed by atoms with Gasteiger partial charge >= 0.3 is 0 Å². The summed E-state index contributed by atoms with van der Waals surface area (Å²) < 4.78 is 28.4. The Bertz CT molecular complexity index is 599. The maximum absolute atomic E-state index is 12.5. The van der Waals surface area contributed by atoms with Gasteiger partial charge in [0.2, 0.25) is 10.0 Å². The summed E-state index contributed by atoms with van der Waals surface area (Å²) in [5, 5.41) is 0. The molecular weight excluding hydrogens is 372 g/mol. The molecule has 1 aromatic rings. The fourth-order valence-electron chi connectivity index (χ4n) is 2.69. The van der Waals surface area contributed by atoms with Crippen molar-refractivity contribution in [2.45, 2.75) is 41.7 Å². The number of nitrogens with two attached hydrogens (primary N) is 1. The molecule has 7 heteroatoms. The van der Waals surface area contributed by atoms with Crippen molar-refractivity contribution in [3.05, 3.63) is 22.7 Å². The molecule has 2 rings (SSSR count). The SMILES string of the molecule is CSC1(CNS(=O)(=O)c2cc(Br)ccc2N)CCCCC1. The van der Waals surface area contributed by atoms with Crippen molar-refractivity contribution in [1.82, 2.24) is 4.72 Å². The monoisotopic (exact) mass is 392 g/mol. The van der Waals surface area contributed by atoms with Crippen LogP contribution in [0.4, 0.5) is 5.69 Å². The summed E-state index contributed by atoms with van der Waals surface area (Å²) in [6, 6.07) is 4.88. The fourth-order valence-corrected chi connectivity index (χ4v) is 5.49. The highest BCUT2D eigenvalue weighted by atomic mass is 79.9. The Hall–Kier alpha value is -0.240. The molecule has 0 atom stereocenters. The zero-order valence-corrected chi connectivity index (χ0v) is 15.3. The van der Waals surface area contributed by atoms with Crippen molar-refractivity contribution >= 4 is 43.4 Å². The van der Waals surface area contributed by atoms with Gasteiger partial charge in [0.1, 0.15) is 4.90 Å². The molecule has 1 aliphatic rings. The van der Waals surface area contributed by atoms with Gasteiger partial charge in [-0.15, -0.1) is 0 Å². The molecule has 0 heterocycles. The Labute approximate surface area is 139 Å². The van der Waals surface area contributed by atoms with Gasteiger partial charge in [-0.1, -0.05) is 35.2 Å². The van der Waals surface area contributed by atoms with Crippen LogP contribution in [0.5, 0.6) is 0 Å². The molecule has 0 unspecified atom stereocenters. The zero-order chi connectivity index (χ0) is 15.5. The van der Waals surface area contributed by atoms with Crippen LogP contribution in [0.1, 0.15) is 32.1 Å². The molecule has 0 bridgehead atoms. The van der Waals surface area contributed by atoms with E-state index in [1.807, 2.05) is 0 Å². The molecule has 1 aromatic carbocycles. The van der Waals surface area contributed by atoms with Crippen molar-refractivity contribution < 1.29 is 8.42 Å². The van der Waals surface area contributed by atoms with Gasteiger partial charge < -0.3 is 5.73 Å². The minimum atomic E-state index is -3.58. The highest BCUT2D eigenvalue weighted by Crippen LogP contribution is 2.38. The molecule has 0 amide bonds. The molecule has 1 saturated carbocycles. The number of anilines is 1. The lowest BCUT2D eigenvalue weighted by Gasteiger charge is -2.35. The molecule has 4 nitrogen and oxygen atoms in total. The third-order valence-electron chi connectivity index (χ3n) is 4.05. The van der Waals surface area contributed by atoms with Crippen molar-refractivity contribution in [3.63, 3.8) is 0 Å². The second kappa shape index (κ2) is 6.89. The zero-order valence-electron chi connectivity index (χ0n) is 12.1. The first-order valence-corrected chi connectivity index (χ1v) is 10.5. The number of rotatable bonds is 5. The van der Waals surface area contributed by atoms with Gasteiger partial charge in [0.05, 0.1) is 5.69 Å². The minimum Gasteiger partial charge on any atom is -0.398 e. The Morgan fingerprint density at radius 1 is 1.33 bits per heavy atom. The lowest BCUT2D eigenvalue weighted by molar-refractivity contribution is 0.395. The van der Waals surface area contributed by atoms with E-state index in [9.17, 15) is 8.42 Å². The van der Waals surface area contributed by atoms with Gasteiger partial charge in [0, 0.05) is 15.8 Å². The predicted octanol–water partition coefficient (Wildman–Crippen LogP) is 3.38. The summed E-state index contributed by atoms with van der Waals surface area (Å²) in [5.41, 5.74) is 6.08. The number of nitrogens with one attached hydrogen (secondary N) is 1. The summed E-state index contributed by atoms with van der Waals surface area (Å²) in [6.07, 6.45) is 7.76. The predicted molar refractivity (Wildman–Crippen MR) is 93.1 cm³/mol. The van der Waals surface area contributed by atoms with Crippen LogP contribution in [-0.2, 0) is 10.0 Å². The van der Waals surface area contributed by atoms with E-state index in [4.69, 9.17) is 5.73 Å². The van der Waals surface area contributed by atoms with Crippen LogP contribution in [0.3, 0.4) is 0 Å². The highest BCUT2D eigenvalue weighted by molar-refractivity contribution is 9.10. The maximum Gasteiger partial charge on any atom is 0.242 e. The van der Waals surface area contributed by atoms with E-state index < -0.39 is 10.0 Å². The van der Waals surface area contributed by atoms with Crippen LogP contribution in [-0.4, -0.2) is 26.0 Å². The van der Waals surface area contributed by atoms with Gasteiger partial charge in [-0.2, -0.15) is 11.8 Å². The molecule has 0 radical (unpaired) electrons. The first-order valence-electron chi connectivity index (χ1n) is 6.98. The lowest BCUT2D eigenvalue weighted by Crippen LogP contribution is -2.41. The summed E-state index contributed by atoms with van der Waals surface area (Å²) in [5.74, 6) is 0. The van der Waals surface area contributed by atoms with Crippen LogP contribution in [0, 0.1) is 0 Å². The van der Waals surface area contributed by atoms with Crippen molar-refractivity contribution in [2.75, 3.05) is 18.5 Å². The fraction of sp³-hybridized carbons (Fsp3) is 0.571. The topological polar surface area (TPSA) is 72.2 Å². The molecule has 1 aliphatic carbocycles. The van der Waals surface area contributed by atoms with Gasteiger partial charge in [-0.25, -0.2) is 13.1 Å². The first-order chi connectivity index (χ1) is 9.88. The first kappa shape index (κ1) is 17.1. The number of nitrogen functional groups attached to an aromatic ring is 1. The standard InChI is InChI=1S/C14H21BrN2O2S2/c1-20-14(7-3-2-4-8-14)10-17-21(18,19)13-9-11(15)5-6-12(13)16/h5-6,9,17H,2-4,7-8,10,16H2,1H3. The van der Waals surface area contributed by atoms with Gasteiger partial charge in [-0.05, 0) is 37.3 Å². The Morgan fingerprint density at radius 2 is 2.00 bits per heavy atom. The van der Waals surface area contributed by atoms with Gasteiger partial charge in [0.25, 0.3) is 0 Å². The van der Waals surface area contributed by atoms with Crippen LogP contribution >= 0.6 is 27.7 Å². The molecule has 3 N–H and O–H groups in total. The average Bonchev–Trinajstić information content (AvgIpc) is 2.49. The Balaban J connectivity index is 2.15. The van der Waals surface area contributed by atoms with Crippen molar-refractivity contribution in [3.8, 4) is 0 Å². The molecule has 21 heavy (non-hydrogen) atoms. The van der Waals surface area contributed by atoms with E-state index in [1.165, 1.54) is 19.3 Å². The number of hydrogen-bond donors (Lipinski definition) is 2. The maximum atomic E-state index is 12.5. The van der Waals surface area contributed by atoms with E-state index >= 15 is 0 Å². The number of benzene rings is 1. The average molecular weight is 393 g/mol. The molecule has 0 saturated heterocycles. The van der Waals surface area contributed by atoms with Crippen LogP contribution < -0.4 is 10.5 Å². The van der Waals surface area contributed by atoms with Crippen molar-refractivity contribution in [1.29, 1.82) is 0 Å². The van der Waals surface area contributed by atoms with Gasteiger partial charge in [0.15, 0.2) is 0 Å². The smallest absolute Gasteiger partial charge is 0.242 e. The number of thioether (sulfide) groups is 1. The normalized spacial score (nSPS) is 18.6. The largest absolute Gasteiger partial charge is 0.398 e. The highest BCUT2D eigenvalue weighted by Gasteiger charge is 2.33. The summed E-state index contributed by atoms with van der Waals surface area (Å²) in [4.78, 5) is 0.143. The molecular formula is C14H21BrN2O2S2.